The molecule has 1 amide bonds. The predicted molar refractivity (Wildman–Crippen MR) is 54.7 cm³/mol. The smallest absolute Gasteiger partial charge is 0.236 e. The van der Waals surface area contributed by atoms with Gasteiger partial charge >= 0.3 is 0 Å². The van der Waals surface area contributed by atoms with Crippen LogP contribution in [0.4, 0.5) is 0 Å². The molecule has 0 heterocycles. The number of carbonyl (C=O) groups excluding carboxylic acids is 1. The van der Waals surface area contributed by atoms with E-state index < -0.39 is 0 Å². The van der Waals surface area contributed by atoms with E-state index in [1.165, 1.54) is 0 Å². The van der Waals surface area contributed by atoms with E-state index in [9.17, 15) is 4.79 Å². The van der Waals surface area contributed by atoms with Gasteiger partial charge in [0, 0.05) is 7.05 Å². The lowest BCUT2D eigenvalue weighted by atomic mass is 10.1. The summed E-state index contributed by atoms with van der Waals surface area (Å²) in [7, 11) is 5.42. The molecule has 1 atom stereocenters. The number of hydrogen-bond acceptors (Lipinski definition) is 3. The SMILES string of the molecule is CNCCCC[C@H](NC)C(=O)NC. The van der Waals surface area contributed by atoms with E-state index in [0.717, 1.165) is 25.8 Å². The monoisotopic (exact) mass is 187 g/mol. The van der Waals surface area contributed by atoms with E-state index in [0.29, 0.717) is 0 Å². The van der Waals surface area contributed by atoms with E-state index in [-0.39, 0.29) is 11.9 Å². The summed E-state index contributed by atoms with van der Waals surface area (Å²) in [5.41, 5.74) is 0. The first-order chi connectivity index (χ1) is 6.26. The van der Waals surface area contributed by atoms with Gasteiger partial charge in [0.15, 0.2) is 0 Å². The maximum absolute atomic E-state index is 11.2. The fraction of sp³-hybridized carbons (Fsp3) is 0.889. The lowest BCUT2D eigenvalue weighted by Crippen LogP contribution is -2.40. The molecule has 0 rings (SSSR count). The zero-order valence-corrected chi connectivity index (χ0v) is 8.81. The van der Waals surface area contributed by atoms with Crippen molar-refractivity contribution in [3.63, 3.8) is 0 Å². The van der Waals surface area contributed by atoms with Crippen LogP contribution in [0.2, 0.25) is 0 Å². The number of unbranched alkanes of at least 4 members (excludes halogenated alkanes) is 1. The molecule has 4 heteroatoms. The van der Waals surface area contributed by atoms with Gasteiger partial charge in [-0.15, -0.1) is 0 Å². The Morgan fingerprint density at radius 2 is 1.92 bits per heavy atom. The Bertz CT molecular complexity index is 139. The van der Waals surface area contributed by atoms with Gasteiger partial charge in [-0.25, -0.2) is 0 Å². The largest absolute Gasteiger partial charge is 0.358 e. The molecule has 0 aliphatic heterocycles. The standard InChI is InChI=1S/C9H21N3O/c1-10-7-5-4-6-8(11-2)9(13)12-3/h8,10-11H,4-7H2,1-3H3,(H,12,13)/t8-/m0/s1. The summed E-state index contributed by atoms with van der Waals surface area (Å²) in [6, 6.07) is -0.0399. The highest BCUT2D eigenvalue weighted by molar-refractivity contribution is 5.81. The molecule has 0 aliphatic carbocycles. The molecule has 0 bridgehead atoms. The van der Waals surface area contributed by atoms with Crippen molar-refractivity contribution < 1.29 is 4.79 Å². The average Bonchev–Trinajstić information content (AvgIpc) is 2.17. The third-order valence-electron chi connectivity index (χ3n) is 2.08. The summed E-state index contributed by atoms with van der Waals surface area (Å²) in [6.45, 7) is 1.02. The number of nitrogens with one attached hydrogen (secondary N) is 3. The van der Waals surface area contributed by atoms with Crippen LogP contribution in [0.15, 0.2) is 0 Å². The molecule has 0 aromatic heterocycles. The second kappa shape index (κ2) is 8.01. The van der Waals surface area contributed by atoms with Crippen LogP contribution in [0.1, 0.15) is 19.3 Å². The molecule has 0 saturated carbocycles. The van der Waals surface area contributed by atoms with Crippen LogP contribution in [0, 0.1) is 0 Å². The van der Waals surface area contributed by atoms with Crippen molar-refractivity contribution in [2.75, 3.05) is 27.7 Å². The van der Waals surface area contributed by atoms with Crippen molar-refractivity contribution >= 4 is 5.91 Å². The van der Waals surface area contributed by atoms with Gasteiger partial charge in [0.1, 0.15) is 0 Å². The Labute approximate surface area is 80.5 Å². The summed E-state index contributed by atoms with van der Waals surface area (Å²) < 4.78 is 0. The number of hydrogen-bond donors (Lipinski definition) is 3. The van der Waals surface area contributed by atoms with Crippen LogP contribution in [-0.2, 0) is 4.79 Å². The molecule has 3 N–H and O–H groups in total. The zero-order chi connectivity index (χ0) is 10.1. The first-order valence-electron chi connectivity index (χ1n) is 4.79. The van der Waals surface area contributed by atoms with Gasteiger partial charge < -0.3 is 16.0 Å². The minimum atomic E-state index is -0.0399. The van der Waals surface area contributed by atoms with Crippen molar-refractivity contribution in [2.45, 2.75) is 25.3 Å². The second-order valence-corrected chi connectivity index (χ2v) is 3.05. The number of likely N-dealkylation sites (N-methyl/N-ethyl adjacent to an activating group) is 2. The van der Waals surface area contributed by atoms with Crippen molar-refractivity contribution in [3.8, 4) is 0 Å². The average molecular weight is 187 g/mol. The van der Waals surface area contributed by atoms with Crippen LogP contribution < -0.4 is 16.0 Å². The first kappa shape index (κ1) is 12.4. The second-order valence-electron chi connectivity index (χ2n) is 3.05. The molecule has 13 heavy (non-hydrogen) atoms. The van der Waals surface area contributed by atoms with Gasteiger partial charge in [0.2, 0.25) is 5.91 Å². The molecule has 0 radical (unpaired) electrons. The highest BCUT2D eigenvalue weighted by Gasteiger charge is 2.12. The van der Waals surface area contributed by atoms with Crippen LogP contribution in [0.25, 0.3) is 0 Å². The summed E-state index contributed by atoms with van der Waals surface area (Å²) in [5.74, 6) is 0.0759. The van der Waals surface area contributed by atoms with E-state index in [4.69, 9.17) is 0 Å². The summed E-state index contributed by atoms with van der Waals surface area (Å²) in [4.78, 5) is 11.2. The van der Waals surface area contributed by atoms with Crippen LogP contribution in [-0.4, -0.2) is 39.6 Å². The van der Waals surface area contributed by atoms with Gasteiger partial charge in [0.25, 0.3) is 0 Å². The summed E-state index contributed by atoms with van der Waals surface area (Å²) >= 11 is 0. The molecule has 0 unspecified atom stereocenters. The van der Waals surface area contributed by atoms with Gasteiger partial charge in [-0.05, 0) is 33.5 Å². The fourth-order valence-electron chi connectivity index (χ4n) is 1.23. The Morgan fingerprint density at radius 3 is 2.38 bits per heavy atom. The molecular weight excluding hydrogens is 166 g/mol. The Balaban J connectivity index is 3.53. The number of carbonyl (C=O) groups is 1. The Kier molecular flexibility index (Phi) is 7.63. The van der Waals surface area contributed by atoms with E-state index in [1.54, 1.807) is 7.05 Å². The van der Waals surface area contributed by atoms with Crippen molar-refractivity contribution in [2.24, 2.45) is 0 Å². The van der Waals surface area contributed by atoms with Gasteiger partial charge in [-0.2, -0.15) is 0 Å². The normalized spacial score (nSPS) is 12.5. The van der Waals surface area contributed by atoms with Gasteiger partial charge in [-0.1, -0.05) is 6.42 Å². The Hall–Kier alpha value is -0.610. The van der Waals surface area contributed by atoms with Crippen LogP contribution in [0.5, 0.6) is 0 Å². The third kappa shape index (κ3) is 5.60. The summed E-state index contributed by atoms with van der Waals surface area (Å²) in [5, 5.41) is 8.72. The number of amides is 1. The molecule has 0 spiro atoms. The zero-order valence-electron chi connectivity index (χ0n) is 8.81. The number of rotatable bonds is 7. The maximum atomic E-state index is 11.2. The molecule has 0 aromatic rings. The molecule has 78 valence electrons. The van der Waals surface area contributed by atoms with E-state index in [2.05, 4.69) is 16.0 Å². The minimum Gasteiger partial charge on any atom is -0.358 e. The molecule has 0 fully saturated rings. The van der Waals surface area contributed by atoms with Gasteiger partial charge in [0.05, 0.1) is 6.04 Å². The highest BCUT2D eigenvalue weighted by Crippen LogP contribution is 1.99. The first-order valence-corrected chi connectivity index (χ1v) is 4.79. The third-order valence-corrected chi connectivity index (χ3v) is 2.08. The van der Waals surface area contributed by atoms with Crippen molar-refractivity contribution in [3.05, 3.63) is 0 Å². The lowest BCUT2D eigenvalue weighted by molar-refractivity contribution is -0.122. The maximum Gasteiger partial charge on any atom is 0.236 e. The van der Waals surface area contributed by atoms with Crippen molar-refractivity contribution in [1.29, 1.82) is 0 Å². The van der Waals surface area contributed by atoms with E-state index in [1.807, 2.05) is 14.1 Å². The van der Waals surface area contributed by atoms with Crippen LogP contribution >= 0.6 is 0 Å². The van der Waals surface area contributed by atoms with Crippen LogP contribution in [0.3, 0.4) is 0 Å². The quantitative estimate of drug-likeness (QED) is 0.480. The molecule has 0 saturated heterocycles. The topological polar surface area (TPSA) is 53.2 Å². The van der Waals surface area contributed by atoms with Crippen molar-refractivity contribution in [1.82, 2.24) is 16.0 Å². The predicted octanol–water partition coefficient (Wildman–Crippen LogP) is -0.290. The summed E-state index contributed by atoms with van der Waals surface area (Å²) in [6.07, 6.45) is 3.09. The Morgan fingerprint density at radius 1 is 1.23 bits per heavy atom. The molecule has 0 aromatic carbocycles. The molecule has 0 aliphatic rings. The minimum absolute atomic E-state index is 0.0399. The lowest BCUT2D eigenvalue weighted by Gasteiger charge is -2.13. The van der Waals surface area contributed by atoms with E-state index >= 15 is 0 Å². The molecule has 4 nitrogen and oxygen atoms in total. The van der Waals surface area contributed by atoms with Gasteiger partial charge in [-0.3, -0.25) is 4.79 Å². The highest BCUT2D eigenvalue weighted by atomic mass is 16.2. The molecular formula is C9H21N3O. The fourth-order valence-corrected chi connectivity index (χ4v) is 1.23.